The summed E-state index contributed by atoms with van der Waals surface area (Å²) in [7, 11) is 3.20. The molecule has 38 heavy (non-hydrogen) atoms. The molecule has 3 aromatic carbocycles. The second-order valence-electron chi connectivity index (χ2n) is 9.88. The van der Waals surface area contributed by atoms with Crippen molar-refractivity contribution >= 4 is 33.9 Å². The Morgan fingerprint density at radius 2 is 1.76 bits per heavy atom. The summed E-state index contributed by atoms with van der Waals surface area (Å²) in [5.74, 6) is 0.870. The molecule has 7 nitrogen and oxygen atoms in total. The Labute approximate surface area is 221 Å². The van der Waals surface area contributed by atoms with Crippen molar-refractivity contribution in [2.75, 3.05) is 37.5 Å². The Hall–Kier alpha value is -4.26. The van der Waals surface area contributed by atoms with E-state index in [1.807, 2.05) is 55.5 Å². The third-order valence-electron chi connectivity index (χ3n) is 7.39. The molecule has 6 rings (SSSR count). The summed E-state index contributed by atoms with van der Waals surface area (Å²) in [6.07, 6.45) is 4.19. The molecule has 0 atom stereocenters. The van der Waals surface area contributed by atoms with Crippen molar-refractivity contribution < 1.29 is 18.7 Å². The maximum absolute atomic E-state index is 13.7. The number of carbonyl (C=O) groups is 1. The zero-order chi connectivity index (χ0) is 26.2. The summed E-state index contributed by atoms with van der Waals surface area (Å²) >= 11 is 0. The minimum Gasteiger partial charge on any atom is -0.495 e. The number of ether oxygens (including phenoxy) is 2. The van der Waals surface area contributed by atoms with Crippen molar-refractivity contribution in [2.24, 2.45) is 4.99 Å². The lowest BCUT2D eigenvalue weighted by atomic mass is 9.90. The van der Waals surface area contributed by atoms with E-state index in [-0.39, 0.29) is 11.5 Å². The van der Waals surface area contributed by atoms with E-state index < -0.39 is 0 Å². The average Bonchev–Trinajstić information content (AvgIpc) is 2.94. The maximum atomic E-state index is 13.7. The van der Waals surface area contributed by atoms with Crippen LogP contribution < -0.4 is 25.2 Å². The summed E-state index contributed by atoms with van der Waals surface area (Å²) in [6, 6.07) is 17.2. The second kappa shape index (κ2) is 9.89. The monoisotopic (exact) mass is 509 g/mol. The molecule has 0 spiro atoms. The van der Waals surface area contributed by atoms with Crippen molar-refractivity contribution in [3.05, 3.63) is 82.4 Å². The zero-order valence-corrected chi connectivity index (χ0v) is 22.0. The molecule has 0 saturated heterocycles. The number of nitrogens with one attached hydrogen (secondary N) is 1. The van der Waals surface area contributed by atoms with Crippen LogP contribution in [0, 0.1) is 6.92 Å². The molecule has 7 heteroatoms. The number of methoxy groups -OCH3 is 2. The number of aryl methyl sites for hydroxylation is 3. The quantitative estimate of drug-likeness (QED) is 0.360. The molecular formula is C31H31N3O4. The van der Waals surface area contributed by atoms with Crippen LogP contribution in [0.25, 0.3) is 11.0 Å². The van der Waals surface area contributed by atoms with Crippen LogP contribution in [0.2, 0.25) is 0 Å². The molecule has 0 aliphatic carbocycles. The van der Waals surface area contributed by atoms with Crippen LogP contribution in [0.3, 0.4) is 0 Å². The highest BCUT2D eigenvalue weighted by Crippen LogP contribution is 2.40. The van der Waals surface area contributed by atoms with Gasteiger partial charge in [0.1, 0.15) is 28.3 Å². The fraction of sp³-hybridized carbons (Fsp3) is 0.290. The summed E-state index contributed by atoms with van der Waals surface area (Å²) in [5, 5.41) is 3.91. The number of carbonyl (C=O) groups excluding carboxylic acids is 1. The summed E-state index contributed by atoms with van der Waals surface area (Å²) in [5.41, 5.74) is 7.47. The van der Waals surface area contributed by atoms with Crippen molar-refractivity contribution in [1.82, 2.24) is 0 Å². The molecule has 1 N–H and O–H groups in total. The van der Waals surface area contributed by atoms with Crippen molar-refractivity contribution in [2.45, 2.75) is 32.6 Å². The van der Waals surface area contributed by atoms with E-state index in [1.54, 1.807) is 14.2 Å². The smallest absolute Gasteiger partial charge is 0.261 e. The van der Waals surface area contributed by atoms with Crippen LogP contribution in [0.1, 0.15) is 39.9 Å². The minimum atomic E-state index is -0.321. The largest absolute Gasteiger partial charge is 0.495 e. The number of fused-ring (bicyclic) bond motifs is 2. The van der Waals surface area contributed by atoms with E-state index in [0.717, 1.165) is 55.3 Å². The fourth-order valence-electron chi connectivity index (χ4n) is 5.63. The van der Waals surface area contributed by atoms with Crippen LogP contribution in [-0.4, -0.2) is 33.2 Å². The van der Waals surface area contributed by atoms with Gasteiger partial charge in [-0.1, -0.05) is 18.2 Å². The van der Waals surface area contributed by atoms with Gasteiger partial charge in [-0.2, -0.15) is 0 Å². The van der Waals surface area contributed by atoms with Gasteiger partial charge in [-0.05, 0) is 80.1 Å². The van der Waals surface area contributed by atoms with Gasteiger partial charge in [0.25, 0.3) is 5.91 Å². The summed E-state index contributed by atoms with van der Waals surface area (Å²) < 4.78 is 17.6. The zero-order valence-electron chi connectivity index (χ0n) is 22.0. The van der Waals surface area contributed by atoms with E-state index >= 15 is 0 Å². The molecule has 0 fully saturated rings. The second-order valence-corrected chi connectivity index (χ2v) is 9.88. The Morgan fingerprint density at radius 1 is 0.974 bits per heavy atom. The maximum Gasteiger partial charge on any atom is 0.261 e. The minimum absolute atomic E-state index is 0.248. The van der Waals surface area contributed by atoms with Gasteiger partial charge >= 0.3 is 0 Å². The van der Waals surface area contributed by atoms with Gasteiger partial charge in [0.05, 0.1) is 19.9 Å². The first-order valence-electron chi connectivity index (χ1n) is 13.1. The molecule has 3 heterocycles. The summed E-state index contributed by atoms with van der Waals surface area (Å²) in [4.78, 5) is 21.1. The number of hydrogen-bond donors (Lipinski definition) is 1. The predicted molar refractivity (Wildman–Crippen MR) is 149 cm³/mol. The first-order chi connectivity index (χ1) is 18.6. The van der Waals surface area contributed by atoms with Gasteiger partial charge in [-0.3, -0.25) is 4.79 Å². The van der Waals surface area contributed by atoms with Gasteiger partial charge in [0.2, 0.25) is 5.55 Å². The van der Waals surface area contributed by atoms with Gasteiger partial charge < -0.3 is 24.1 Å². The standard InChI is InChI=1S/C31H31N3O4/c1-19-12-13-27(37-3)25(16-19)33-31-23(30(35)32-24-10-4-5-11-26(24)36-2)18-21-17-20-8-6-14-34-15-7-9-22(28(20)34)29(21)38-31/h4-5,10-13,16-18H,6-9,14-15H2,1-3H3,(H,32,35). The molecule has 0 radical (unpaired) electrons. The van der Waals surface area contributed by atoms with E-state index in [2.05, 4.69) is 16.3 Å². The number of para-hydroxylation sites is 2. The van der Waals surface area contributed by atoms with Crippen molar-refractivity contribution in [3.63, 3.8) is 0 Å². The molecule has 0 unspecified atom stereocenters. The molecule has 0 bridgehead atoms. The Balaban J connectivity index is 1.58. The topological polar surface area (TPSA) is 76.3 Å². The van der Waals surface area contributed by atoms with Gasteiger partial charge in [0.15, 0.2) is 0 Å². The van der Waals surface area contributed by atoms with Crippen LogP contribution in [0.5, 0.6) is 11.5 Å². The van der Waals surface area contributed by atoms with E-state index in [0.29, 0.717) is 28.4 Å². The Morgan fingerprint density at radius 3 is 2.58 bits per heavy atom. The SMILES string of the molecule is COc1ccc(C)cc1N=c1oc2c3c4c(cc2cc1C(=O)Nc1ccccc1OC)CCCN4CCC3. The Bertz CT molecular complexity index is 1620. The fourth-order valence-corrected chi connectivity index (χ4v) is 5.63. The number of anilines is 2. The van der Waals surface area contributed by atoms with Crippen molar-refractivity contribution in [1.29, 1.82) is 0 Å². The van der Waals surface area contributed by atoms with Gasteiger partial charge in [-0.25, -0.2) is 4.99 Å². The Kier molecular flexibility index (Phi) is 6.27. The molecule has 2 aliphatic heterocycles. The normalized spacial score (nSPS) is 14.8. The molecular weight excluding hydrogens is 478 g/mol. The molecule has 2 aliphatic rings. The van der Waals surface area contributed by atoms with Crippen LogP contribution in [0.15, 0.2) is 64.0 Å². The number of rotatable bonds is 5. The highest BCUT2D eigenvalue weighted by Gasteiger charge is 2.27. The third-order valence-corrected chi connectivity index (χ3v) is 7.39. The average molecular weight is 510 g/mol. The number of benzene rings is 3. The van der Waals surface area contributed by atoms with E-state index in [1.165, 1.54) is 16.8 Å². The van der Waals surface area contributed by atoms with Crippen LogP contribution >= 0.6 is 0 Å². The highest BCUT2D eigenvalue weighted by atomic mass is 16.5. The number of nitrogens with zero attached hydrogens (tertiary/aromatic N) is 2. The van der Waals surface area contributed by atoms with Crippen molar-refractivity contribution in [3.8, 4) is 11.5 Å². The third kappa shape index (κ3) is 4.28. The lowest BCUT2D eigenvalue weighted by Crippen LogP contribution is -2.34. The molecule has 0 saturated carbocycles. The lowest BCUT2D eigenvalue weighted by Gasteiger charge is -2.37. The highest BCUT2D eigenvalue weighted by molar-refractivity contribution is 6.06. The lowest BCUT2D eigenvalue weighted by molar-refractivity contribution is 0.102. The number of hydrogen-bond acceptors (Lipinski definition) is 6. The van der Waals surface area contributed by atoms with Gasteiger partial charge in [-0.15, -0.1) is 0 Å². The molecule has 1 amide bonds. The summed E-state index contributed by atoms with van der Waals surface area (Å²) in [6.45, 7) is 4.14. The van der Waals surface area contributed by atoms with E-state index in [4.69, 9.17) is 18.9 Å². The molecule has 1 aromatic heterocycles. The van der Waals surface area contributed by atoms with Gasteiger partial charge in [0, 0.05) is 29.7 Å². The molecule has 4 aromatic rings. The van der Waals surface area contributed by atoms with Crippen LogP contribution in [-0.2, 0) is 12.8 Å². The first kappa shape index (κ1) is 24.1. The molecule has 194 valence electrons. The predicted octanol–water partition coefficient (Wildman–Crippen LogP) is 5.94. The van der Waals surface area contributed by atoms with Crippen LogP contribution in [0.4, 0.5) is 17.1 Å². The van der Waals surface area contributed by atoms with E-state index in [9.17, 15) is 4.79 Å². The number of amides is 1. The first-order valence-corrected chi connectivity index (χ1v) is 13.1.